The Morgan fingerprint density at radius 3 is 2.04 bits per heavy atom. The van der Waals surface area contributed by atoms with Crippen molar-refractivity contribution in [1.82, 2.24) is 0 Å². The summed E-state index contributed by atoms with van der Waals surface area (Å²) < 4.78 is 10.2. The monoisotopic (exact) mass is 344 g/mol. The highest BCUT2D eigenvalue weighted by atomic mass is 16.5. The van der Waals surface area contributed by atoms with Crippen LogP contribution in [-0.4, -0.2) is 11.9 Å². The van der Waals surface area contributed by atoms with Crippen molar-refractivity contribution in [3.05, 3.63) is 91.0 Å². The minimum Gasteiger partial charge on any atom is -0.423 e. The summed E-state index contributed by atoms with van der Waals surface area (Å²) in [4.78, 5) is 23.1. The second-order valence-corrected chi connectivity index (χ2v) is 5.46. The molecule has 128 valence electrons. The van der Waals surface area contributed by atoms with Crippen LogP contribution in [0.5, 0.6) is 11.5 Å². The summed E-state index contributed by atoms with van der Waals surface area (Å²) in [6, 6.07) is 20.1. The standard InChI is InChI=1S/C22H16O4/c1-2-21(23)25-19-10-12-20(13-11-19)26-22(24)14-8-16-7-9-17-5-3-4-6-18(17)15-16/h2-15H,1H2/b14-8+. The van der Waals surface area contributed by atoms with Gasteiger partial charge in [-0.1, -0.05) is 43.0 Å². The van der Waals surface area contributed by atoms with Crippen LogP contribution in [0.3, 0.4) is 0 Å². The molecule has 0 atom stereocenters. The van der Waals surface area contributed by atoms with Crippen LogP contribution in [-0.2, 0) is 9.59 Å². The molecule has 0 aromatic heterocycles. The first-order valence-electron chi connectivity index (χ1n) is 7.97. The lowest BCUT2D eigenvalue weighted by Gasteiger charge is -2.04. The van der Waals surface area contributed by atoms with Gasteiger partial charge in [0.05, 0.1) is 0 Å². The van der Waals surface area contributed by atoms with Crippen molar-refractivity contribution in [1.29, 1.82) is 0 Å². The van der Waals surface area contributed by atoms with Gasteiger partial charge in [-0.25, -0.2) is 9.59 Å². The van der Waals surface area contributed by atoms with Crippen LogP contribution in [0.1, 0.15) is 5.56 Å². The first-order valence-corrected chi connectivity index (χ1v) is 7.97. The fourth-order valence-corrected chi connectivity index (χ4v) is 2.36. The number of hydrogen-bond donors (Lipinski definition) is 0. The maximum absolute atomic E-state index is 12.0. The van der Waals surface area contributed by atoms with E-state index in [1.165, 1.54) is 18.2 Å². The molecule has 0 fully saturated rings. The van der Waals surface area contributed by atoms with Crippen LogP contribution in [0.4, 0.5) is 0 Å². The van der Waals surface area contributed by atoms with Crippen LogP contribution < -0.4 is 9.47 Å². The van der Waals surface area contributed by atoms with E-state index in [2.05, 4.69) is 6.58 Å². The molecule has 0 saturated carbocycles. The van der Waals surface area contributed by atoms with Crippen molar-refractivity contribution in [2.75, 3.05) is 0 Å². The lowest BCUT2D eigenvalue weighted by Crippen LogP contribution is -2.05. The van der Waals surface area contributed by atoms with Gasteiger partial charge in [0.1, 0.15) is 11.5 Å². The highest BCUT2D eigenvalue weighted by Crippen LogP contribution is 2.19. The summed E-state index contributed by atoms with van der Waals surface area (Å²) in [6.07, 6.45) is 4.15. The molecule has 0 N–H and O–H groups in total. The Balaban J connectivity index is 1.63. The zero-order valence-corrected chi connectivity index (χ0v) is 13.9. The molecule has 4 nitrogen and oxygen atoms in total. The Bertz CT molecular complexity index is 984. The van der Waals surface area contributed by atoms with Crippen LogP contribution in [0.15, 0.2) is 85.5 Å². The predicted octanol–water partition coefficient (Wildman–Crippen LogP) is 4.55. The van der Waals surface area contributed by atoms with E-state index in [4.69, 9.17) is 9.47 Å². The molecule has 3 aromatic rings. The molecule has 4 heteroatoms. The van der Waals surface area contributed by atoms with E-state index >= 15 is 0 Å². The minimum atomic E-state index is -0.548. The molecule has 0 radical (unpaired) electrons. The average molecular weight is 344 g/mol. The molecule has 0 unspecified atom stereocenters. The number of esters is 2. The Kier molecular flexibility index (Phi) is 5.25. The van der Waals surface area contributed by atoms with E-state index in [0.717, 1.165) is 22.4 Å². The molecule has 3 rings (SSSR count). The SMILES string of the molecule is C=CC(=O)Oc1ccc(OC(=O)/C=C/c2ccc3ccccc3c2)cc1. The van der Waals surface area contributed by atoms with E-state index < -0.39 is 11.9 Å². The van der Waals surface area contributed by atoms with Crippen molar-refractivity contribution in [3.63, 3.8) is 0 Å². The Hall–Kier alpha value is -3.66. The van der Waals surface area contributed by atoms with Gasteiger partial charge >= 0.3 is 11.9 Å². The van der Waals surface area contributed by atoms with Crippen molar-refractivity contribution < 1.29 is 19.1 Å². The number of fused-ring (bicyclic) bond motifs is 1. The van der Waals surface area contributed by atoms with Crippen molar-refractivity contribution >= 4 is 28.8 Å². The molecule has 0 amide bonds. The predicted molar refractivity (Wildman–Crippen MR) is 101 cm³/mol. The normalized spacial score (nSPS) is 10.6. The Morgan fingerprint density at radius 2 is 1.38 bits per heavy atom. The zero-order chi connectivity index (χ0) is 18.4. The van der Waals surface area contributed by atoms with Gasteiger partial charge in [0.15, 0.2) is 0 Å². The zero-order valence-electron chi connectivity index (χ0n) is 13.9. The topological polar surface area (TPSA) is 52.6 Å². The van der Waals surface area contributed by atoms with Gasteiger partial charge in [-0.2, -0.15) is 0 Å². The average Bonchev–Trinajstić information content (AvgIpc) is 2.67. The number of carbonyl (C=O) groups is 2. The fraction of sp³-hybridized carbons (Fsp3) is 0. The molecule has 0 bridgehead atoms. The van der Waals surface area contributed by atoms with Gasteiger partial charge in [0.25, 0.3) is 0 Å². The van der Waals surface area contributed by atoms with Crippen LogP contribution in [0.2, 0.25) is 0 Å². The molecule has 26 heavy (non-hydrogen) atoms. The third-order valence-electron chi connectivity index (χ3n) is 3.61. The maximum Gasteiger partial charge on any atom is 0.336 e. The number of ether oxygens (including phenoxy) is 2. The van der Waals surface area contributed by atoms with Gasteiger partial charge in [0.2, 0.25) is 0 Å². The number of carbonyl (C=O) groups excluding carboxylic acids is 2. The molecular weight excluding hydrogens is 328 g/mol. The highest BCUT2D eigenvalue weighted by Gasteiger charge is 2.03. The quantitative estimate of drug-likeness (QED) is 0.387. The summed E-state index contributed by atoms with van der Waals surface area (Å²) in [7, 11) is 0. The van der Waals surface area contributed by atoms with Crippen molar-refractivity contribution in [2.24, 2.45) is 0 Å². The molecule has 0 heterocycles. The fourth-order valence-electron chi connectivity index (χ4n) is 2.36. The Labute approximate surface area is 151 Å². The van der Waals surface area contributed by atoms with E-state index in [9.17, 15) is 9.59 Å². The Morgan fingerprint density at radius 1 is 0.769 bits per heavy atom. The van der Waals surface area contributed by atoms with Gasteiger partial charge in [-0.05, 0) is 52.7 Å². The van der Waals surface area contributed by atoms with E-state index in [1.807, 2.05) is 42.5 Å². The van der Waals surface area contributed by atoms with E-state index in [0.29, 0.717) is 11.5 Å². The summed E-state index contributed by atoms with van der Waals surface area (Å²) >= 11 is 0. The van der Waals surface area contributed by atoms with Crippen LogP contribution >= 0.6 is 0 Å². The number of hydrogen-bond acceptors (Lipinski definition) is 4. The number of rotatable bonds is 5. The molecular formula is C22H16O4. The van der Waals surface area contributed by atoms with E-state index in [1.54, 1.807) is 18.2 Å². The molecule has 0 aliphatic rings. The van der Waals surface area contributed by atoms with Gasteiger partial charge in [0, 0.05) is 12.2 Å². The first kappa shape index (κ1) is 17.2. The van der Waals surface area contributed by atoms with Gasteiger partial charge in [-0.3, -0.25) is 0 Å². The molecule has 0 aliphatic heterocycles. The molecule has 3 aromatic carbocycles. The smallest absolute Gasteiger partial charge is 0.336 e. The van der Waals surface area contributed by atoms with Crippen molar-refractivity contribution in [3.8, 4) is 11.5 Å². The number of benzene rings is 3. The molecule has 0 spiro atoms. The summed E-state index contributed by atoms with van der Waals surface area (Å²) in [5.74, 6) is -0.333. The maximum atomic E-state index is 12.0. The lowest BCUT2D eigenvalue weighted by molar-refractivity contribution is -0.130. The molecule has 0 aliphatic carbocycles. The lowest BCUT2D eigenvalue weighted by atomic mass is 10.1. The van der Waals surface area contributed by atoms with Crippen LogP contribution in [0.25, 0.3) is 16.8 Å². The third-order valence-corrected chi connectivity index (χ3v) is 3.61. The second-order valence-electron chi connectivity index (χ2n) is 5.46. The summed E-state index contributed by atoms with van der Waals surface area (Å²) in [6.45, 7) is 3.32. The second kappa shape index (κ2) is 7.94. The summed E-state index contributed by atoms with van der Waals surface area (Å²) in [5.41, 5.74) is 0.910. The van der Waals surface area contributed by atoms with Gasteiger partial charge in [-0.15, -0.1) is 0 Å². The largest absolute Gasteiger partial charge is 0.423 e. The third kappa shape index (κ3) is 4.45. The highest BCUT2D eigenvalue weighted by molar-refractivity contribution is 5.90. The van der Waals surface area contributed by atoms with E-state index in [-0.39, 0.29) is 0 Å². The van der Waals surface area contributed by atoms with Crippen molar-refractivity contribution in [2.45, 2.75) is 0 Å². The molecule has 0 saturated heterocycles. The first-order chi connectivity index (χ1) is 12.6. The summed E-state index contributed by atoms with van der Waals surface area (Å²) in [5, 5.41) is 2.25. The van der Waals surface area contributed by atoms with Crippen LogP contribution in [0, 0.1) is 0 Å². The van der Waals surface area contributed by atoms with Gasteiger partial charge < -0.3 is 9.47 Å². The minimum absolute atomic E-state index is 0.349.